The van der Waals surface area contributed by atoms with Gasteiger partial charge in [-0.1, -0.05) is 85.8 Å². The molecule has 3 rings (SSSR count). The van der Waals surface area contributed by atoms with Crippen molar-refractivity contribution in [3.8, 4) is 0 Å². The maximum absolute atomic E-state index is 12.8. The number of amides is 1. The van der Waals surface area contributed by atoms with Crippen LogP contribution in [0.25, 0.3) is 10.9 Å². The first kappa shape index (κ1) is 18.5. The number of benzene rings is 1. The van der Waals surface area contributed by atoms with E-state index in [1.165, 1.54) is 10.9 Å². The van der Waals surface area contributed by atoms with Gasteiger partial charge in [0.2, 0.25) is 5.91 Å². The van der Waals surface area contributed by atoms with E-state index >= 15 is 0 Å². The lowest BCUT2D eigenvalue weighted by molar-refractivity contribution is -0.134. The number of nitrogens with one attached hydrogen (secondary N) is 1. The summed E-state index contributed by atoms with van der Waals surface area (Å²) in [5.41, 5.74) is 3.55. The molecule has 0 fully saturated rings. The van der Waals surface area contributed by atoms with Gasteiger partial charge in [0.1, 0.15) is 6.04 Å². The predicted octanol–water partition coefficient (Wildman–Crippen LogP) is 6.01. The van der Waals surface area contributed by atoms with Crippen LogP contribution >= 0.6 is 47.8 Å². The van der Waals surface area contributed by atoms with Gasteiger partial charge in [-0.25, -0.2) is 0 Å². The molecule has 1 unspecified atom stereocenters. The van der Waals surface area contributed by atoms with Crippen LogP contribution in [0, 0.1) is 0 Å². The summed E-state index contributed by atoms with van der Waals surface area (Å²) < 4.78 is -0.552. The van der Waals surface area contributed by atoms with Crippen LogP contribution in [0.2, 0.25) is 0 Å². The maximum atomic E-state index is 12.8. The van der Waals surface area contributed by atoms with Gasteiger partial charge in [-0.2, -0.15) is 0 Å². The molecule has 1 aliphatic rings. The molecule has 1 N–H and O–H groups in total. The molecule has 24 heavy (non-hydrogen) atoms. The number of carbonyl (C=O) groups is 1. The Bertz CT molecular complexity index is 735. The molecule has 0 aliphatic carbocycles. The fraction of sp³-hybridized carbons (Fsp3) is 0.500. The van der Waals surface area contributed by atoms with Crippen molar-refractivity contribution < 1.29 is 4.79 Å². The summed E-state index contributed by atoms with van der Waals surface area (Å²) in [6.45, 7) is 2.90. The van der Waals surface area contributed by atoms with Gasteiger partial charge in [-0.3, -0.25) is 4.79 Å². The van der Waals surface area contributed by atoms with E-state index in [4.69, 9.17) is 0 Å². The molecule has 2 heterocycles. The number of hydrogen-bond acceptors (Lipinski definition) is 1. The first-order valence-corrected chi connectivity index (χ1v) is 10.8. The van der Waals surface area contributed by atoms with Crippen molar-refractivity contribution in [1.82, 2.24) is 9.88 Å². The van der Waals surface area contributed by atoms with Gasteiger partial charge < -0.3 is 9.88 Å². The molecule has 6 heteroatoms. The summed E-state index contributed by atoms with van der Waals surface area (Å²) in [5.74, 6) is 0.223. The molecule has 130 valence electrons. The summed E-state index contributed by atoms with van der Waals surface area (Å²) in [4.78, 5) is 18.3. The van der Waals surface area contributed by atoms with E-state index in [2.05, 4.69) is 77.9 Å². The number of aromatic nitrogens is 1. The summed E-state index contributed by atoms with van der Waals surface area (Å²) >= 11 is 11.0. The Balaban J connectivity index is 1.97. The second-order valence-electron chi connectivity index (χ2n) is 6.30. The lowest BCUT2D eigenvalue weighted by atomic mass is 9.97. The SMILES string of the molecule is CCCCCC(=O)N1CCc2c([nH]c3ccccc23)C1C(Br)(Br)Br. The van der Waals surface area contributed by atoms with Crippen molar-refractivity contribution in [2.75, 3.05) is 6.54 Å². The van der Waals surface area contributed by atoms with Crippen LogP contribution in [0.5, 0.6) is 0 Å². The Morgan fingerprint density at radius 3 is 2.75 bits per heavy atom. The van der Waals surface area contributed by atoms with Crippen molar-refractivity contribution in [3.05, 3.63) is 35.5 Å². The fourth-order valence-electron chi connectivity index (χ4n) is 3.52. The van der Waals surface area contributed by atoms with Crippen molar-refractivity contribution in [2.24, 2.45) is 0 Å². The molecule has 1 aliphatic heterocycles. The van der Waals surface area contributed by atoms with E-state index in [9.17, 15) is 4.79 Å². The minimum absolute atomic E-state index is 0.122. The van der Waals surface area contributed by atoms with Crippen molar-refractivity contribution >= 4 is 64.6 Å². The van der Waals surface area contributed by atoms with Gasteiger partial charge in [0.05, 0.1) is 0 Å². The summed E-state index contributed by atoms with van der Waals surface area (Å²) in [6, 6.07) is 8.23. The number of para-hydroxylation sites is 1. The normalized spacial score (nSPS) is 18.0. The zero-order valence-corrected chi connectivity index (χ0v) is 18.4. The second-order valence-corrected chi connectivity index (χ2v) is 13.2. The number of alkyl halides is 3. The highest BCUT2D eigenvalue weighted by molar-refractivity contribution is 9.39. The highest BCUT2D eigenvalue weighted by Gasteiger charge is 2.43. The van der Waals surface area contributed by atoms with Crippen LogP contribution < -0.4 is 0 Å². The largest absolute Gasteiger partial charge is 0.356 e. The highest BCUT2D eigenvalue weighted by Crippen LogP contribution is 2.51. The minimum atomic E-state index is -0.552. The number of carbonyl (C=O) groups excluding carboxylic acids is 1. The number of nitrogens with zero attached hydrogens (tertiary/aromatic N) is 1. The topological polar surface area (TPSA) is 36.1 Å². The molecule has 0 radical (unpaired) electrons. The lowest BCUT2D eigenvalue weighted by Gasteiger charge is -2.40. The van der Waals surface area contributed by atoms with E-state index in [-0.39, 0.29) is 11.9 Å². The molecule has 1 atom stereocenters. The number of unbranched alkanes of at least 4 members (excludes halogenated alkanes) is 2. The first-order chi connectivity index (χ1) is 11.4. The standard InChI is InChI=1S/C18H21Br3N2O/c1-2-3-4-9-15(24)23-11-10-13-12-7-5-6-8-14(12)22-16(13)17(23)18(19,20)21/h5-8,17,22H,2-4,9-11H2,1H3. The molecule has 1 amide bonds. The Kier molecular flexibility index (Phi) is 5.77. The van der Waals surface area contributed by atoms with Gasteiger partial charge in [0.25, 0.3) is 0 Å². The third-order valence-electron chi connectivity index (χ3n) is 4.66. The Hall–Kier alpha value is -0.330. The average Bonchev–Trinajstić information content (AvgIpc) is 2.91. The molecule has 0 saturated heterocycles. The van der Waals surface area contributed by atoms with E-state index < -0.39 is 2.14 Å². The van der Waals surface area contributed by atoms with Crippen LogP contribution in [-0.2, 0) is 11.2 Å². The summed E-state index contributed by atoms with van der Waals surface area (Å²) in [6.07, 6.45) is 4.69. The molecule has 0 saturated carbocycles. The van der Waals surface area contributed by atoms with Crippen molar-refractivity contribution in [2.45, 2.75) is 47.2 Å². The van der Waals surface area contributed by atoms with E-state index in [0.717, 1.165) is 43.4 Å². The number of rotatable bonds is 4. The van der Waals surface area contributed by atoms with Crippen molar-refractivity contribution in [3.63, 3.8) is 0 Å². The Morgan fingerprint density at radius 2 is 2.04 bits per heavy atom. The molecule has 3 nitrogen and oxygen atoms in total. The monoisotopic (exact) mass is 518 g/mol. The third-order valence-corrected chi connectivity index (χ3v) is 5.96. The van der Waals surface area contributed by atoms with Gasteiger partial charge in [0, 0.05) is 29.6 Å². The number of hydrogen-bond donors (Lipinski definition) is 1. The second kappa shape index (κ2) is 7.50. The molecular weight excluding hydrogens is 500 g/mol. The van der Waals surface area contributed by atoms with Crippen molar-refractivity contribution in [1.29, 1.82) is 0 Å². The quantitative estimate of drug-likeness (QED) is 0.389. The number of H-pyrrole nitrogens is 1. The Labute approximate surface area is 167 Å². The van der Waals surface area contributed by atoms with Gasteiger partial charge in [-0.05, 0) is 24.5 Å². The molecule has 0 bridgehead atoms. The number of aromatic amines is 1. The van der Waals surface area contributed by atoms with E-state index in [0.29, 0.717) is 6.42 Å². The number of halogens is 3. The zero-order valence-electron chi connectivity index (χ0n) is 13.6. The molecule has 1 aromatic heterocycles. The fourth-order valence-corrected chi connectivity index (χ4v) is 4.95. The summed E-state index contributed by atoms with van der Waals surface area (Å²) in [5, 5.41) is 1.26. The minimum Gasteiger partial charge on any atom is -0.356 e. The maximum Gasteiger partial charge on any atom is 0.223 e. The molecular formula is C18H21Br3N2O. The van der Waals surface area contributed by atoms with Crippen LogP contribution in [0.15, 0.2) is 24.3 Å². The van der Waals surface area contributed by atoms with Crippen LogP contribution in [0.3, 0.4) is 0 Å². The Morgan fingerprint density at radius 1 is 1.29 bits per heavy atom. The molecule has 2 aromatic rings. The zero-order chi connectivity index (χ0) is 17.3. The lowest BCUT2D eigenvalue weighted by Crippen LogP contribution is -2.44. The molecule has 0 spiro atoms. The van der Waals surface area contributed by atoms with Crippen LogP contribution in [-0.4, -0.2) is 24.5 Å². The predicted molar refractivity (Wildman–Crippen MR) is 110 cm³/mol. The van der Waals surface area contributed by atoms with E-state index in [1.807, 2.05) is 11.0 Å². The van der Waals surface area contributed by atoms with Gasteiger partial charge >= 0.3 is 0 Å². The third kappa shape index (κ3) is 3.61. The van der Waals surface area contributed by atoms with Gasteiger partial charge in [-0.15, -0.1) is 0 Å². The molecule has 1 aromatic carbocycles. The van der Waals surface area contributed by atoms with Crippen LogP contribution in [0.1, 0.15) is 49.9 Å². The van der Waals surface area contributed by atoms with Gasteiger partial charge in [0.15, 0.2) is 2.14 Å². The summed E-state index contributed by atoms with van der Waals surface area (Å²) in [7, 11) is 0. The smallest absolute Gasteiger partial charge is 0.223 e. The average molecular weight is 521 g/mol. The number of fused-ring (bicyclic) bond motifs is 3. The van der Waals surface area contributed by atoms with E-state index in [1.54, 1.807) is 0 Å². The van der Waals surface area contributed by atoms with Crippen LogP contribution in [0.4, 0.5) is 0 Å². The highest BCUT2D eigenvalue weighted by atomic mass is 80.0. The first-order valence-electron chi connectivity index (χ1n) is 8.39.